The van der Waals surface area contributed by atoms with Crippen LogP contribution in [-0.2, 0) is 4.74 Å². The molecule has 2 atom stereocenters. The lowest BCUT2D eigenvalue weighted by molar-refractivity contribution is 0.0507. The van der Waals surface area contributed by atoms with E-state index in [-0.39, 0.29) is 12.1 Å². The Hall–Kier alpha value is -1.50. The van der Waals surface area contributed by atoms with Gasteiger partial charge in [-0.3, -0.25) is 4.99 Å². The Kier molecular flexibility index (Phi) is 9.53. The number of nitrogens with one attached hydrogen (secondary N) is 2. The van der Waals surface area contributed by atoms with E-state index in [0.717, 1.165) is 51.0 Å². The van der Waals surface area contributed by atoms with E-state index >= 15 is 0 Å². The maximum atomic E-state index is 12.0. The van der Waals surface area contributed by atoms with E-state index < -0.39 is 5.60 Å². The minimum absolute atomic E-state index is 0.106. The fourth-order valence-corrected chi connectivity index (χ4v) is 4.07. The maximum absolute atomic E-state index is 12.0. The van der Waals surface area contributed by atoms with Gasteiger partial charge in [-0.15, -0.1) is 0 Å². The van der Waals surface area contributed by atoms with Crippen LogP contribution in [0.3, 0.4) is 0 Å². The van der Waals surface area contributed by atoms with Gasteiger partial charge in [-0.2, -0.15) is 0 Å². The zero-order chi connectivity index (χ0) is 21.3. The van der Waals surface area contributed by atoms with Crippen LogP contribution in [-0.4, -0.2) is 78.8 Å². The molecule has 168 valence electrons. The number of carbonyl (C=O) groups excluding carboxylic acids is 1. The van der Waals surface area contributed by atoms with Gasteiger partial charge in [0.2, 0.25) is 0 Å². The highest BCUT2D eigenvalue weighted by Crippen LogP contribution is 2.17. The molecule has 0 bridgehead atoms. The maximum Gasteiger partial charge on any atom is 0.407 e. The van der Waals surface area contributed by atoms with Crippen molar-refractivity contribution in [3.63, 3.8) is 0 Å². The number of aliphatic imine (C=N–C) groups is 1. The number of carbonyl (C=O) groups is 1. The second kappa shape index (κ2) is 11.6. The zero-order valence-corrected chi connectivity index (χ0v) is 19.3. The highest BCUT2D eigenvalue weighted by Gasteiger charge is 2.27. The van der Waals surface area contributed by atoms with E-state index in [2.05, 4.69) is 34.3 Å². The van der Waals surface area contributed by atoms with Crippen molar-refractivity contribution in [1.29, 1.82) is 0 Å². The van der Waals surface area contributed by atoms with Crippen LogP contribution in [0, 0.1) is 0 Å². The zero-order valence-electron chi connectivity index (χ0n) is 19.3. The highest BCUT2D eigenvalue weighted by atomic mass is 16.6. The first kappa shape index (κ1) is 23.8. The minimum Gasteiger partial charge on any atom is -0.444 e. The Labute approximate surface area is 177 Å². The third kappa shape index (κ3) is 8.81. The van der Waals surface area contributed by atoms with Crippen LogP contribution in [0.5, 0.6) is 0 Å². The number of hydrogen-bond donors (Lipinski definition) is 2. The number of amides is 1. The number of guanidine groups is 1. The van der Waals surface area contributed by atoms with Crippen molar-refractivity contribution in [3.8, 4) is 0 Å². The van der Waals surface area contributed by atoms with E-state index in [0.29, 0.717) is 0 Å². The van der Waals surface area contributed by atoms with Crippen molar-refractivity contribution in [3.05, 3.63) is 0 Å². The van der Waals surface area contributed by atoms with Crippen molar-refractivity contribution in [1.82, 2.24) is 20.4 Å². The lowest BCUT2D eigenvalue weighted by atomic mass is 10.0. The molecule has 2 saturated heterocycles. The smallest absolute Gasteiger partial charge is 0.407 e. The number of likely N-dealkylation sites (tertiary alicyclic amines) is 2. The van der Waals surface area contributed by atoms with Crippen molar-refractivity contribution in [2.24, 2.45) is 4.99 Å². The molecule has 29 heavy (non-hydrogen) atoms. The number of alkyl carbamates (subject to hydrolysis) is 1. The Balaban J connectivity index is 1.73. The molecule has 0 aromatic rings. The first-order valence-corrected chi connectivity index (χ1v) is 11.6. The van der Waals surface area contributed by atoms with E-state index in [4.69, 9.17) is 9.73 Å². The minimum atomic E-state index is -0.468. The summed E-state index contributed by atoms with van der Waals surface area (Å²) in [6.07, 6.45) is 6.97. The molecule has 0 aromatic heterocycles. The van der Waals surface area contributed by atoms with Gasteiger partial charge in [0.05, 0.1) is 6.04 Å². The standard InChI is InChI=1S/C22H43N5O2/c1-6-23-20(24-13-8-10-15-26-14-9-7-11-18(26)2)27-16-12-19(17-27)25-21(28)29-22(3,4)5/h18-19H,6-17H2,1-5H3,(H,23,24)(H,25,28). The van der Waals surface area contributed by atoms with E-state index in [1.54, 1.807) is 0 Å². The molecular weight excluding hydrogens is 366 g/mol. The Bertz CT molecular complexity index is 532. The lowest BCUT2D eigenvalue weighted by Gasteiger charge is -2.33. The summed E-state index contributed by atoms with van der Waals surface area (Å²) in [7, 11) is 0. The van der Waals surface area contributed by atoms with Crippen LogP contribution < -0.4 is 10.6 Å². The highest BCUT2D eigenvalue weighted by molar-refractivity contribution is 5.80. The summed E-state index contributed by atoms with van der Waals surface area (Å²) in [6.45, 7) is 15.9. The van der Waals surface area contributed by atoms with E-state index in [1.165, 1.54) is 38.8 Å². The molecule has 2 fully saturated rings. The second-order valence-electron chi connectivity index (χ2n) is 9.40. The van der Waals surface area contributed by atoms with E-state index in [9.17, 15) is 4.79 Å². The van der Waals surface area contributed by atoms with Gasteiger partial charge in [-0.05, 0) is 79.8 Å². The summed E-state index contributed by atoms with van der Waals surface area (Å²) in [5.74, 6) is 0.965. The Morgan fingerprint density at radius 3 is 2.66 bits per heavy atom. The van der Waals surface area contributed by atoms with Crippen molar-refractivity contribution in [2.45, 2.75) is 90.8 Å². The molecule has 0 aromatic carbocycles. The molecule has 0 saturated carbocycles. The molecule has 2 rings (SSSR count). The molecule has 0 aliphatic carbocycles. The van der Waals surface area contributed by atoms with Gasteiger partial charge in [0.25, 0.3) is 0 Å². The summed E-state index contributed by atoms with van der Waals surface area (Å²) in [5, 5.41) is 6.39. The number of unbranched alkanes of at least 4 members (excludes halogenated alkanes) is 1. The summed E-state index contributed by atoms with van der Waals surface area (Å²) >= 11 is 0. The number of hydrogen-bond acceptors (Lipinski definition) is 4. The van der Waals surface area contributed by atoms with Crippen LogP contribution in [0.25, 0.3) is 0 Å². The van der Waals surface area contributed by atoms with Gasteiger partial charge in [0, 0.05) is 32.2 Å². The lowest BCUT2D eigenvalue weighted by Crippen LogP contribution is -2.44. The third-order valence-corrected chi connectivity index (χ3v) is 5.60. The van der Waals surface area contributed by atoms with Gasteiger partial charge in [-0.1, -0.05) is 6.42 Å². The fraction of sp³-hybridized carbons (Fsp3) is 0.909. The molecule has 2 N–H and O–H groups in total. The van der Waals surface area contributed by atoms with Crippen molar-refractivity contribution < 1.29 is 9.53 Å². The van der Waals surface area contributed by atoms with Gasteiger partial charge >= 0.3 is 6.09 Å². The Morgan fingerprint density at radius 1 is 1.17 bits per heavy atom. The molecule has 2 heterocycles. The molecule has 7 nitrogen and oxygen atoms in total. The molecular formula is C22H43N5O2. The molecule has 0 spiro atoms. The largest absolute Gasteiger partial charge is 0.444 e. The average molecular weight is 410 g/mol. The van der Waals surface area contributed by atoms with Crippen LogP contribution in [0.4, 0.5) is 4.79 Å². The molecule has 2 unspecified atom stereocenters. The summed E-state index contributed by atoms with van der Waals surface area (Å²) < 4.78 is 5.37. The quantitative estimate of drug-likeness (QED) is 0.384. The third-order valence-electron chi connectivity index (χ3n) is 5.60. The number of rotatable bonds is 7. The summed E-state index contributed by atoms with van der Waals surface area (Å²) in [5.41, 5.74) is -0.468. The first-order chi connectivity index (χ1) is 13.8. The normalized spacial score (nSPS) is 23.9. The number of nitrogens with zero attached hydrogens (tertiary/aromatic N) is 3. The monoisotopic (exact) mass is 409 g/mol. The second-order valence-corrected chi connectivity index (χ2v) is 9.40. The molecule has 0 radical (unpaired) electrons. The van der Waals surface area contributed by atoms with Crippen molar-refractivity contribution in [2.75, 3.05) is 39.3 Å². The molecule has 2 aliphatic heterocycles. The average Bonchev–Trinajstić information content (AvgIpc) is 3.08. The number of ether oxygens (including phenoxy) is 1. The van der Waals surface area contributed by atoms with Gasteiger partial charge in [0.15, 0.2) is 5.96 Å². The van der Waals surface area contributed by atoms with Crippen molar-refractivity contribution >= 4 is 12.1 Å². The Morgan fingerprint density at radius 2 is 1.97 bits per heavy atom. The van der Waals surface area contributed by atoms with Gasteiger partial charge in [-0.25, -0.2) is 4.79 Å². The van der Waals surface area contributed by atoms with Crippen LogP contribution in [0.15, 0.2) is 4.99 Å². The molecule has 1 amide bonds. The van der Waals surface area contributed by atoms with Gasteiger partial charge < -0.3 is 25.2 Å². The topological polar surface area (TPSA) is 69.2 Å². The number of piperidine rings is 1. The van der Waals surface area contributed by atoms with Crippen LogP contribution in [0.1, 0.15) is 73.1 Å². The summed E-state index contributed by atoms with van der Waals surface area (Å²) in [6, 6.07) is 0.845. The fourth-order valence-electron chi connectivity index (χ4n) is 4.07. The molecule has 7 heteroatoms. The SMILES string of the molecule is CCNC(=NCCCCN1CCCCC1C)N1CCC(NC(=O)OC(C)(C)C)C1. The van der Waals surface area contributed by atoms with E-state index in [1.807, 2.05) is 20.8 Å². The van der Waals surface area contributed by atoms with Gasteiger partial charge in [0.1, 0.15) is 5.60 Å². The summed E-state index contributed by atoms with van der Waals surface area (Å²) in [4.78, 5) is 21.7. The molecule has 2 aliphatic rings. The predicted molar refractivity (Wildman–Crippen MR) is 119 cm³/mol. The predicted octanol–water partition coefficient (Wildman–Crippen LogP) is 3.21. The van der Waals surface area contributed by atoms with Crippen LogP contribution in [0.2, 0.25) is 0 Å². The van der Waals surface area contributed by atoms with Crippen LogP contribution >= 0.6 is 0 Å². The first-order valence-electron chi connectivity index (χ1n) is 11.6.